The van der Waals surface area contributed by atoms with Crippen LogP contribution in [-0.4, -0.2) is 10.9 Å². The molecule has 5 heteroatoms. The molecule has 20 heavy (non-hydrogen) atoms. The number of hydrogen-bond acceptors (Lipinski definition) is 3. The van der Waals surface area contributed by atoms with E-state index in [1.807, 2.05) is 31.2 Å². The summed E-state index contributed by atoms with van der Waals surface area (Å²) in [4.78, 5) is 17.6. The van der Waals surface area contributed by atoms with Gasteiger partial charge in [-0.25, -0.2) is 4.98 Å². The molecule has 1 aromatic heterocycles. The van der Waals surface area contributed by atoms with Gasteiger partial charge in [-0.3, -0.25) is 4.79 Å². The van der Waals surface area contributed by atoms with Gasteiger partial charge < -0.3 is 5.32 Å². The number of nitrogens with one attached hydrogen (secondary N) is 1. The zero-order valence-corrected chi connectivity index (χ0v) is 13.7. The first-order valence-corrected chi connectivity index (χ1v) is 8.20. The van der Waals surface area contributed by atoms with Gasteiger partial charge in [0.25, 0.3) is 0 Å². The van der Waals surface area contributed by atoms with E-state index in [9.17, 15) is 4.79 Å². The molecule has 0 unspecified atom stereocenters. The summed E-state index contributed by atoms with van der Waals surface area (Å²) < 4.78 is 1.05. The molecule has 0 bridgehead atoms. The second-order valence-electron chi connectivity index (χ2n) is 5.24. The van der Waals surface area contributed by atoms with Crippen molar-refractivity contribution in [2.45, 2.75) is 20.3 Å². The molecule has 3 rings (SSSR count). The predicted octanol–water partition coefficient (Wildman–Crippen LogP) is 4.48. The lowest BCUT2D eigenvalue weighted by molar-refractivity contribution is -0.117. The smallest absolute Gasteiger partial charge is 0.229 e. The van der Waals surface area contributed by atoms with Crippen molar-refractivity contribution in [2.75, 3.05) is 5.32 Å². The van der Waals surface area contributed by atoms with E-state index in [-0.39, 0.29) is 11.8 Å². The summed E-state index contributed by atoms with van der Waals surface area (Å²) in [5.74, 6) is 0.797. The highest BCUT2D eigenvalue weighted by atomic mass is 79.9. The van der Waals surface area contributed by atoms with E-state index in [1.165, 1.54) is 11.3 Å². The third kappa shape index (κ3) is 2.79. The predicted molar refractivity (Wildman–Crippen MR) is 85.9 cm³/mol. The Morgan fingerprint density at radius 3 is 2.65 bits per heavy atom. The van der Waals surface area contributed by atoms with Crippen LogP contribution in [0.2, 0.25) is 0 Å². The fraction of sp³-hybridized carbons (Fsp3) is 0.333. The highest BCUT2D eigenvalue weighted by Gasteiger charge is 2.39. The van der Waals surface area contributed by atoms with E-state index < -0.39 is 0 Å². The molecule has 1 aliphatic rings. The molecule has 0 radical (unpaired) electrons. The first kappa shape index (κ1) is 13.8. The number of halogens is 1. The Kier molecular flexibility index (Phi) is 3.65. The van der Waals surface area contributed by atoms with Gasteiger partial charge in [-0.05, 0) is 31.4 Å². The van der Waals surface area contributed by atoms with Gasteiger partial charge in [0.05, 0.1) is 5.69 Å². The number of benzene rings is 1. The van der Waals surface area contributed by atoms with Crippen LogP contribution in [0.25, 0.3) is 11.3 Å². The molecule has 1 N–H and O–H groups in total. The van der Waals surface area contributed by atoms with E-state index in [4.69, 9.17) is 0 Å². The quantitative estimate of drug-likeness (QED) is 0.886. The first-order valence-electron chi connectivity index (χ1n) is 6.59. The van der Waals surface area contributed by atoms with Crippen molar-refractivity contribution in [3.8, 4) is 11.3 Å². The molecule has 1 aliphatic carbocycles. The molecule has 1 heterocycles. The van der Waals surface area contributed by atoms with Crippen molar-refractivity contribution in [1.29, 1.82) is 0 Å². The maximum atomic E-state index is 11.9. The summed E-state index contributed by atoms with van der Waals surface area (Å²) in [7, 11) is 0. The molecule has 1 fully saturated rings. The first-order chi connectivity index (χ1) is 9.54. The van der Waals surface area contributed by atoms with Crippen LogP contribution in [0.3, 0.4) is 0 Å². The Morgan fingerprint density at radius 1 is 1.40 bits per heavy atom. The Morgan fingerprint density at radius 2 is 2.05 bits per heavy atom. The molecular weight excluding hydrogens is 336 g/mol. The summed E-state index contributed by atoms with van der Waals surface area (Å²) >= 11 is 4.96. The van der Waals surface area contributed by atoms with Gasteiger partial charge in [-0.15, -0.1) is 11.3 Å². The van der Waals surface area contributed by atoms with E-state index in [0.717, 1.165) is 27.0 Å². The van der Waals surface area contributed by atoms with Crippen LogP contribution in [0.4, 0.5) is 5.13 Å². The van der Waals surface area contributed by atoms with Crippen molar-refractivity contribution in [2.24, 2.45) is 11.8 Å². The molecule has 0 aliphatic heterocycles. The Balaban J connectivity index is 1.80. The zero-order chi connectivity index (χ0) is 14.3. The summed E-state index contributed by atoms with van der Waals surface area (Å²) in [5.41, 5.74) is 2.02. The minimum absolute atomic E-state index is 0.105. The van der Waals surface area contributed by atoms with E-state index in [2.05, 4.69) is 33.2 Å². The minimum Gasteiger partial charge on any atom is -0.302 e. The molecule has 2 aromatic rings. The van der Waals surface area contributed by atoms with Crippen LogP contribution in [0.15, 0.2) is 28.7 Å². The SMILES string of the molecule is Cc1sc(NC(=O)[C@H]2C[C@H]2C)nc1-c1ccc(Br)cc1. The number of aryl methyl sites for hydroxylation is 1. The lowest BCUT2D eigenvalue weighted by atomic mass is 10.1. The number of thiazole rings is 1. The number of nitrogens with zero attached hydrogens (tertiary/aromatic N) is 1. The van der Waals surface area contributed by atoms with Crippen molar-refractivity contribution in [3.05, 3.63) is 33.6 Å². The summed E-state index contributed by atoms with van der Waals surface area (Å²) in [6, 6.07) is 8.05. The van der Waals surface area contributed by atoms with Crippen LogP contribution in [0.1, 0.15) is 18.2 Å². The van der Waals surface area contributed by atoms with Crippen LogP contribution >= 0.6 is 27.3 Å². The maximum absolute atomic E-state index is 11.9. The van der Waals surface area contributed by atoms with E-state index >= 15 is 0 Å². The molecule has 0 spiro atoms. The largest absolute Gasteiger partial charge is 0.302 e. The molecule has 1 amide bonds. The summed E-state index contributed by atoms with van der Waals surface area (Å²) in [6.07, 6.45) is 0.996. The van der Waals surface area contributed by atoms with Gasteiger partial charge in [-0.2, -0.15) is 0 Å². The fourth-order valence-corrected chi connectivity index (χ4v) is 3.31. The third-order valence-electron chi connectivity index (χ3n) is 3.59. The van der Waals surface area contributed by atoms with Gasteiger partial charge in [0.1, 0.15) is 0 Å². The number of amides is 1. The number of carbonyl (C=O) groups is 1. The lowest BCUT2D eigenvalue weighted by Gasteiger charge is -1.99. The molecule has 1 aromatic carbocycles. The summed E-state index contributed by atoms with van der Waals surface area (Å²) in [6.45, 7) is 4.13. The second-order valence-corrected chi connectivity index (χ2v) is 7.36. The van der Waals surface area contributed by atoms with Crippen LogP contribution in [0.5, 0.6) is 0 Å². The van der Waals surface area contributed by atoms with Crippen molar-refractivity contribution < 1.29 is 4.79 Å². The highest BCUT2D eigenvalue weighted by Crippen LogP contribution is 2.39. The van der Waals surface area contributed by atoms with Crippen LogP contribution < -0.4 is 5.32 Å². The van der Waals surface area contributed by atoms with Gasteiger partial charge in [0.2, 0.25) is 5.91 Å². The van der Waals surface area contributed by atoms with Gasteiger partial charge in [0.15, 0.2) is 5.13 Å². The number of hydrogen-bond donors (Lipinski definition) is 1. The molecule has 0 saturated heterocycles. The fourth-order valence-electron chi connectivity index (χ4n) is 2.21. The number of rotatable bonds is 3. The van der Waals surface area contributed by atoms with Crippen molar-refractivity contribution >= 4 is 38.3 Å². The highest BCUT2D eigenvalue weighted by molar-refractivity contribution is 9.10. The molecule has 2 atom stereocenters. The normalized spacial score (nSPS) is 20.8. The number of carbonyl (C=O) groups excluding carboxylic acids is 1. The van der Waals surface area contributed by atoms with E-state index in [0.29, 0.717) is 11.0 Å². The van der Waals surface area contributed by atoms with Gasteiger partial charge in [-0.1, -0.05) is 35.0 Å². The van der Waals surface area contributed by atoms with Crippen LogP contribution in [-0.2, 0) is 4.79 Å². The monoisotopic (exact) mass is 350 g/mol. The molecule has 104 valence electrons. The topological polar surface area (TPSA) is 42.0 Å². The molecule has 1 saturated carbocycles. The van der Waals surface area contributed by atoms with Gasteiger partial charge >= 0.3 is 0 Å². The van der Waals surface area contributed by atoms with Crippen molar-refractivity contribution in [3.63, 3.8) is 0 Å². The number of anilines is 1. The van der Waals surface area contributed by atoms with E-state index in [1.54, 1.807) is 0 Å². The summed E-state index contributed by atoms with van der Waals surface area (Å²) in [5, 5.41) is 3.63. The molecule has 3 nitrogen and oxygen atoms in total. The van der Waals surface area contributed by atoms with Crippen molar-refractivity contribution in [1.82, 2.24) is 4.98 Å². The maximum Gasteiger partial charge on any atom is 0.229 e. The van der Waals surface area contributed by atoms with Gasteiger partial charge in [0, 0.05) is 20.8 Å². The standard InChI is InChI=1S/C15H15BrN2OS/c1-8-7-12(8)14(19)18-15-17-13(9(2)20-15)10-3-5-11(16)6-4-10/h3-6,8,12H,7H2,1-2H3,(H,17,18,19)/t8-,12+/m1/s1. The minimum atomic E-state index is 0.105. The lowest BCUT2D eigenvalue weighted by Crippen LogP contribution is -2.14. The average molecular weight is 351 g/mol. The Bertz CT molecular complexity index is 650. The zero-order valence-electron chi connectivity index (χ0n) is 11.3. The second kappa shape index (κ2) is 5.30. The Hall–Kier alpha value is -1.20. The van der Waals surface area contributed by atoms with Crippen LogP contribution in [0, 0.1) is 18.8 Å². The third-order valence-corrected chi connectivity index (χ3v) is 5.01. The molecular formula is C15H15BrN2OS. The number of aromatic nitrogens is 1. The Labute approximate surface area is 130 Å². The average Bonchev–Trinajstić information content (AvgIpc) is 3.03.